The molecule has 8 nitrogen and oxygen atoms in total. The van der Waals surface area contributed by atoms with Crippen molar-refractivity contribution in [3.63, 3.8) is 0 Å². The molecule has 0 bridgehead atoms. The fourth-order valence-electron chi connectivity index (χ4n) is 3.91. The lowest BCUT2D eigenvalue weighted by Gasteiger charge is -2.27. The summed E-state index contributed by atoms with van der Waals surface area (Å²) in [6, 6.07) is 9.85. The number of benzene rings is 2. The van der Waals surface area contributed by atoms with Gasteiger partial charge in [-0.05, 0) is 48.7 Å². The van der Waals surface area contributed by atoms with E-state index in [-0.39, 0.29) is 22.6 Å². The first kappa shape index (κ1) is 20.5. The lowest BCUT2D eigenvalue weighted by molar-refractivity contribution is -0.114. The van der Waals surface area contributed by atoms with Crippen molar-refractivity contribution in [3.8, 4) is 17.2 Å². The molecule has 1 N–H and O–H groups in total. The van der Waals surface area contributed by atoms with Crippen molar-refractivity contribution < 1.29 is 27.4 Å². The molecule has 2 aliphatic heterocycles. The number of carbonyl (C=O) groups excluding carboxylic acids is 1. The normalized spacial score (nSPS) is 18.8. The van der Waals surface area contributed by atoms with Crippen molar-refractivity contribution in [3.05, 3.63) is 42.0 Å². The van der Waals surface area contributed by atoms with Crippen molar-refractivity contribution in [1.82, 2.24) is 4.31 Å². The minimum absolute atomic E-state index is 0.0284. The zero-order valence-electron chi connectivity index (χ0n) is 16.9. The predicted octanol–water partition coefficient (Wildman–Crippen LogP) is 2.95. The molecule has 0 aliphatic carbocycles. The van der Waals surface area contributed by atoms with E-state index in [2.05, 4.69) is 5.32 Å². The Balaban J connectivity index is 1.71. The van der Waals surface area contributed by atoms with Crippen molar-refractivity contribution in [2.24, 2.45) is 0 Å². The summed E-state index contributed by atoms with van der Waals surface area (Å²) in [7, 11) is -2.45. The molecule has 9 heteroatoms. The van der Waals surface area contributed by atoms with E-state index in [4.69, 9.17) is 14.2 Å². The fourth-order valence-corrected chi connectivity index (χ4v) is 5.78. The number of sulfonamides is 1. The van der Waals surface area contributed by atoms with Gasteiger partial charge in [-0.3, -0.25) is 4.79 Å². The summed E-state index contributed by atoms with van der Waals surface area (Å²) in [6.07, 6.45) is 1.44. The summed E-state index contributed by atoms with van der Waals surface area (Å²) in [4.78, 5) is 11.4. The Labute approximate surface area is 175 Å². The van der Waals surface area contributed by atoms with Gasteiger partial charge < -0.3 is 19.5 Å². The van der Waals surface area contributed by atoms with E-state index in [0.717, 1.165) is 12.0 Å². The minimum atomic E-state index is -3.87. The highest BCUT2D eigenvalue weighted by atomic mass is 32.2. The SMILES string of the molecule is COc1ccc(NC(C)=O)cc1S(=O)(=O)N1CCCC1c1ccc2c(c1)OCCO2. The van der Waals surface area contributed by atoms with Gasteiger partial charge >= 0.3 is 0 Å². The number of rotatable bonds is 5. The second-order valence-corrected chi connectivity index (χ2v) is 9.08. The van der Waals surface area contributed by atoms with E-state index in [0.29, 0.717) is 43.4 Å². The second-order valence-electron chi connectivity index (χ2n) is 7.22. The van der Waals surface area contributed by atoms with Crippen LogP contribution in [0, 0.1) is 0 Å². The third-order valence-electron chi connectivity index (χ3n) is 5.23. The van der Waals surface area contributed by atoms with Crippen LogP contribution in [-0.2, 0) is 14.8 Å². The lowest BCUT2D eigenvalue weighted by Crippen LogP contribution is -2.31. The zero-order valence-corrected chi connectivity index (χ0v) is 17.7. The summed E-state index contributed by atoms with van der Waals surface area (Å²) in [5.74, 6) is 1.26. The number of hydrogen-bond donors (Lipinski definition) is 1. The number of amides is 1. The number of anilines is 1. The molecule has 160 valence electrons. The van der Waals surface area contributed by atoms with E-state index >= 15 is 0 Å². The second kappa shape index (κ2) is 8.16. The Morgan fingerprint density at radius 3 is 2.63 bits per heavy atom. The Hall–Kier alpha value is -2.78. The van der Waals surface area contributed by atoms with Crippen LogP contribution >= 0.6 is 0 Å². The third kappa shape index (κ3) is 3.82. The van der Waals surface area contributed by atoms with Gasteiger partial charge in [-0.25, -0.2) is 8.42 Å². The van der Waals surface area contributed by atoms with E-state index in [1.807, 2.05) is 18.2 Å². The Morgan fingerprint density at radius 1 is 1.13 bits per heavy atom. The number of carbonyl (C=O) groups is 1. The van der Waals surface area contributed by atoms with Crippen molar-refractivity contribution >= 4 is 21.6 Å². The summed E-state index contributed by atoms with van der Waals surface area (Å²) >= 11 is 0. The maximum Gasteiger partial charge on any atom is 0.247 e. The van der Waals surface area contributed by atoms with Gasteiger partial charge in [0.2, 0.25) is 15.9 Å². The highest BCUT2D eigenvalue weighted by Gasteiger charge is 2.38. The van der Waals surface area contributed by atoms with Gasteiger partial charge in [0.25, 0.3) is 0 Å². The van der Waals surface area contributed by atoms with Crippen LogP contribution in [-0.4, -0.2) is 45.5 Å². The highest BCUT2D eigenvalue weighted by molar-refractivity contribution is 7.89. The Kier molecular flexibility index (Phi) is 5.57. The zero-order chi connectivity index (χ0) is 21.3. The van der Waals surface area contributed by atoms with Crippen LogP contribution in [0.25, 0.3) is 0 Å². The van der Waals surface area contributed by atoms with Crippen LogP contribution in [0.1, 0.15) is 31.4 Å². The first-order chi connectivity index (χ1) is 14.4. The molecule has 2 aliphatic rings. The van der Waals surface area contributed by atoms with Crippen LogP contribution in [0.5, 0.6) is 17.2 Å². The Morgan fingerprint density at radius 2 is 1.90 bits per heavy atom. The maximum absolute atomic E-state index is 13.6. The topological polar surface area (TPSA) is 94.2 Å². The molecule has 0 saturated carbocycles. The number of fused-ring (bicyclic) bond motifs is 1. The summed E-state index contributed by atoms with van der Waals surface area (Å²) in [5, 5.41) is 2.63. The Bertz CT molecular complexity index is 1070. The average Bonchev–Trinajstić information content (AvgIpc) is 3.24. The van der Waals surface area contributed by atoms with E-state index in [9.17, 15) is 13.2 Å². The van der Waals surface area contributed by atoms with Crippen LogP contribution < -0.4 is 19.5 Å². The van der Waals surface area contributed by atoms with Crippen molar-refractivity contribution in [2.75, 3.05) is 32.2 Å². The smallest absolute Gasteiger partial charge is 0.247 e. The molecule has 1 unspecified atom stereocenters. The number of nitrogens with one attached hydrogen (secondary N) is 1. The quantitative estimate of drug-likeness (QED) is 0.781. The van der Waals surface area contributed by atoms with Gasteiger partial charge in [0, 0.05) is 19.2 Å². The molecule has 1 amide bonds. The van der Waals surface area contributed by atoms with E-state index < -0.39 is 10.0 Å². The largest absolute Gasteiger partial charge is 0.495 e. The summed E-state index contributed by atoms with van der Waals surface area (Å²) < 4.78 is 45.2. The van der Waals surface area contributed by atoms with Gasteiger partial charge in [0.1, 0.15) is 23.9 Å². The monoisotopic (exact) mass is 432 g/mol. The maximum atomic E-state index is 13.6. The molecule has 1 atom stereocenters. The van der Waals surface area contributed by atoms with Gasteiger partial charge in [-0.1, -0.05) is 6.07 Å². The van der Waals surface area contributed by atoms with Gasteiger partial charge in [-0.2, -0.15) is 4.31 Å². The molecule has 30 heavy (non-hydrogen) atoms. The first-order valence-electron chi connectivity index (χ1n) is 9.77. The van der Waals surface area contributed by atoms with Crippen molar-refractivity contribution in [1.29, 1.82) is 0 Å². The molecule has 2 heterocycles. The number of methoxy groups -OCH3 is 1. The van der Waals surface area contributed by atoms with Crippen LogP contribution in [0.4, 0.5) is 5.69 Å². The molecule has 0 radical (unpaired) electrons. The van der Waals surface area contributed by atoms with E-state index in [1.54, 1.807) is 12.1 Å². The molecule has 2 aromatic carbocycles. The number of hydrogen-bond acceptors (Lipinski definition) is 6. The molecular formula is C21H24N2O6S. The predicted molar refractivity (Wildman–Crippen MR) is 111 cm³/mol. The van der Waals surface area contributed by atoms with Crippen LogP contribution in [0.15, 0.2) is 41.3 Å². The number of ether oxygens (including phenoxy) is 3. The molecule has 2 aromatic rings. The van der Waals surface area contributed by atoms with Gasteiger partial charge in [-0.15, -0.1) is 0 Å². The molecule has 1 fully saturated rings. The molecular weight excluding hydrogens is 408 g/mol. The molecule has 0 aromatic heterocycles. The average molecular weight is 432 g/mol. The lowest BCUT2D eigenvalue weighted by atomic mass is 10.0. The highest BCUT2D eigenvalue weighted by Crippen LogP contribution is 2.42. The van der Waals surface area contributed by atoms with Gasteiger partial charge in [0.05, 0.1) is 13.2 Å². The van der Waals surface area contributed by atoms with Crippen molar-refractivity contribution in [2.45, 2.75) is 30.7 Å². The van der Waals surface area contributed by atoms with Gasteiger partial charge in [0.15, 0.2) is 11.5 Å². The summed E-state index contributed by atoms with van der Waals surface area (Å²) in [5.41, 5.74) is 1.26. The standard InChI is InChI=1S/C21H24N2O6S/c1-14(24)22-16-6-8-19(27-2)21(13-16)30(25,26)23-9-3-4-17(23)15-5-7-18-20(12-15)29-11-10-28-18/h5-8,12-13,17H,3-4,9-11H2,1-2H3,(H,22,24). The third-order valence-corrected chi connectivity index (χ3v) is 7.15. The first-order valence-corrected chi connectivity index (χ1v) is 11.2. The molecule has 1 saturated heterocycles. The van der Waals surface area contributed by atoms with Crippen LogP contribution in [0.3, 0.4) is 0 Å². The van der Waals surface area contributed by atoms with E-state index in [1.165, 1.54) is 24.4 Å². The summed E-state index contributed by atoms with van der Waals surface area (Å²) in [6.45, 7) is 2.74. The van der Waals surface area contributed by atoms with Crippen LogP contribution in [0.2, 0.25) is 0 Å². The minimum Gasteiger partial charge on any atom is -0.495 e. The molecule has 4 rings (SSSR count). The fraction of sp³-hybridized carbons (Fsp3) is 0.381. The number of nitrogens with zero attached hydrogens (tertiary/aromatic N) is 1. The molecule has 0 spiro atoms.